The van der Waals surface area contributed by atoms with E-state index in [0.29, 0.717) is 17.4 Å². The third-order valence-electron chi connectivity index (χ3n) is 6.89. The number of ketones is 1. The zero-order valence-corrected chi connectivity index (χ0v) is 22.8. The summed E-state index contributed by atoms with van der Waals surface area (Å²) in [4.78, 5) is 51.0. The largest absolute Gasteiger partial charge is 0.320 e. The van der Waals surface area contributed by atoms with E-state index in [1.165, 1.54) is 48.7 Å². The third-order valence-corrected chi connectivity index (χ3v) is 8.42. The smallest absolute Gasteiger partial charge is 0.292 e. The number of Topliss-reactive ketones (excluding diaryl/α,β-unsaturated/α-hetero) is 1. The summed E-state index contributed by atoms with van der Waals surface area (Å²) in [6.07, 6.45) is 1.47. The molecule has 4 rings (SSSR count). The van der Waals surface area contributed by atoms with Crippen LogP contribution >= 0.6 is 0 Å². The number of hydrogen-bond acceptors (Lipinski definition) is 8. The molecule has 1 atom stereocenters. The second-order valence-corrected chi connectivity index (χ2v) is 11.7. The standard InChI is InChI=1S/C26H32N6O6S/c1-15(2)32-12-10-18(11-13-32)31-39(37,38)20-7-4-17(5-8-20)27-26(36)23(16(3)33)30-29-19-6-9-21-22(14-19)25(35)28-24(21)34/h4-9,14-15,18,23,29-31H,10-13H2,1-3H3,(H,27,36)(H,28,34,35)/p+1. The number of benzene rings is 2. The summed E-state index contributed by atoms with van der Waals surface area (Å²) in [5.74, 6) is -2.04. The van der Waals surface area contributed by atoms with Gasteiger partial charge in [-0.3, -0.25) is 24.5 Å². The summed E-state index contributed by atoms with van der Waals surface area (Å²) < 4.78 is 28.5. The second kappa shape index (κ2) is 11.6. The van der Waals surface area contributed by atoms with Gasteiger partial charge in [0.25, 0.3) is 17.7 Å². The van der Waals surface area contributed by atoms with E-state index in [0.717, 1.165) is 25.9 Å². The van der Waals surface area contributed by atoms with E-state index in [9.17, 15) is 27.6 Å². The Kier molecular flexibility index (Phi) is 8.45. The Morgan fingerprint density at radius 2 is 1.59 bits per heavy atom. The maximum absolute atomic E-state index is 12.9. The highest BCUT2D eigenvalue weighted by Crippen LogP contribution is 2.20. The first kappa shape index (κ1) is 28.4. The number of nitrogen functional groups attached to an aromatic ring is 1. The number of nitrogens with one attached hydrogen (secondary N) is 4. The number of anilines is 2. The summed E-state index contributed by atoms with van der Waals surface area (Å²) in [5, 5.41) is 4.83. The number of carbonyl (C=O) groups is 4. The maximum atomic E-state index is 12.9. The van der Waals surface area contributed by atoms with E-state index in [4.69, 9.17) is 0 Å². The number of carbonyl (C=O) groups excluding carboxylic acids is 4. The summed E-state index contributed by atoms with van der Waals surface area (Å²) in [5.41, 5.74) is 5.35. The number of nitrogens with two attached hydrogens (primary N) is 1. The van der Waals surface area contributed by atoms with E-state index in [1.54, 1.807) is 6.07 Å². The molecule has 2 aliphatic heterocycles. The lowest BCUT2D eigenvalue weighted by atomic mass is 10.1. The van der Waals surface area contributed by atoms with Gasteiger partial charge >= 0.3 is 0 Å². The third kappa shape index (κ3) is 6.68. The first-order chi connectivity index (χ1) is 18.4. The molecule has 0 aromatic heterocycles. The molecule has 3 amide bonds. The number of quaternary nitrogens is 1. The highest BCUT2D eigenvalue weighted by molar-refractivity contribution is 7.89. The minimum absolute atomic E-state index is 0.0854. The van der Waals surface area contributed by atoms with Crippen LogP contribution in [-0.2, 0) is 19.6 Å². The molecule has 2 aromatic carbocycles. The Labute approximate surface area is 226 Å². The normalized spacial score (nSPS) is 17.0. The maximum Gasteiger partial charge on any atom is 0.292 e. The molecule has 2 aliphatic rings. The van der Waals surface area contributed by atoms with Crippen molar-refractivity contribution in [3.8, 4) is 0 Å². The molecule has 0 radical (unpaired) electrons. The van der Waals surface area contributed by atoms with Gasteiger partial charge < -0.3 is 10.2 Å². The van der Waals surface area contributed by atoms with Gasteiger partial charge in [-0.05, 0) is 82.2 Å². The van der Waals surface area contributed by atoms with Crippen LogP contribution in [0.5, 0.6) is 0 Å². The van der Waals surface area contributed by atoms with Gasteiger partial charge in [0.05, 0.1) is 21.7 Å². The fraction of sp³-hybridized carbons (Fsp3) is 0.385. The lowest BCUT2D eigenvalue weighted by Crippen LogP contribution is -2.97. The van der Waals surface area contributed by atoms with Crippen LogP contribution in [0.3, 0.4) is 0 Å². The number of rotatable bonds is 10. The van der Waals surface area contributed by atoms with E-state index >= 15 is 0 Å². The fourth-order valence-electron chi connectivity index (χ4n) is 4.57. The number of sulfonamides is 1. The van der Waals surface area contributed by atoms with Gasteiger partial charge in [-0.15, -0.1) is 0 Å². The fourth-order valence-corrected chi connectivity index (χ4v) is 5.88. The van der Waals surface area contributed by atoms with Crippen molar-refractivity contribution in [3.63, 3.8) is 0 Å². The van der Waals surface area contributed by atoms with Gasteiger partial charge in [-0.1, -0.05) is 0 Å². The minimum atomic E-state index is -3.72. The molecule has 2 heterocycles. The van der Waals surface area contributed by atoms with Gasteiger partial charge in [-0.25, -0.2) is 24.0 Å². The molecule has 12 nitrogen and oxygen atoms in total. The molecule has 13 heteroatoms. The summed E-state index contributed by atoms with van der Waals surface area (Å²) in [6.45, 7) is 7.18. The van der Waals surface area contributed by atoms with Gasteiger partial charge in [-0.2, -0.15) is 0 Å². The zero-order valence-electron chi connectivity index (χ0n) is 22.0. The Morgan fingerprint density at radius 3 is 2.21 bits per heavy atom. The zero-order chi connectivity index (χ0) is 28.3. The minimum Gasteiger partial charge on any atom is -0.320 e. The van der Waals surface area contributed by atoms with E-state index < -0.39 is 39.6 Å². The van der Waals surface area contributed by atoms with Crippen molar-refractivity contribution in [1.82, 2.24) is 14.9 Å². The molecule has 208 valence electrons. The highest BCUT2D eigenvalue weighted by atomic mass is 32.2. The van der Waals surface area contributed by atoms with Crippen molar-refractivity contribution < 1.29 is 33.0 Å². The van der Waals surface area contributed by atoms with Crippen LogP contribution in [0.4, 0.5) is 11.4 Å². The molecule has 0 saturated carbocycles. The number of piperidine rings is 1. The Hall–Kier alpha value is -3.65. The van der Waals surface area contributed by atoms with Crippen molar-refractivity contribution in [2.45, 2.75) is 56.6 Å². The van der Waals surface area contributed by atoms with Crippen LogP contribution in [0.25, 0.3) is 0 Å². The lowest BCUT2D eigenvalue weighted by molar-refractivity contribution is -0.635. The first-order valence-electron chi connectivity index (χ1n) is 12.7. The highest BCUT2D eigenvalue weighted by Gasteiger charge is 2.30. The summed E-state index contributed by atoms with van der Waals surface area (Å²) in [6, 6.07) is 9.36. The molecule has 1 fully saturated rings. The molecule has 2 aromatic rings. The SMILES string of the molecule is CC(=O)C([NH2+]Nc1ccc2c(c1)C(=O)NC2=O)C(=O)Nc1ccc(S(=O)(=O)NC2CCN(C(C)C)CC2)cc1. The Morgan fingerprint density at radius 1 is 0.974 bits per heavy atom. The molecule has 0 bridgehead atoms. The summed E-state index contributed by atoms with van der Waals surface area (Å²) in [7, 11) is -3.72. The molecule has 1 saturated heterocycles. The number of nitrogens with zero attached hydrogens (tertiary/aromatic N) is 1. The second-order valence-electron chi connectivity index (χ2n) is 9.98. The number of imide groups is 1. The van der Waals surface area contributed by atoms with E-state index in [2.05, 4.69) is 39.5 Å². The van der Waals surface area contributed by atoms with Crippen LogP contribution in [0.2, 0.25) is 0 Å². The van der Waals surface area contributed by atoms with E-state index in [1.807, 2.05) is 0 Å². The van der Waals surface area contributed by atoms with Crippen molar-refractivity contribution in [1.29, 1.82) is 0 Å². The molecule has 1 unspecified atom stereocenters. The summed E-state index contributed by atoms with van der Waals surface area (Å²) >= 11 is 0. The number of hydrogen-bond donors (Lipinski definition) is 5. The topological polar surface area (TPSA) is 170 Å². The van der Waals surface area contributed by atoms with Gasteiger partial charge in [0.15, 0.2) is 5.78 Å². The van der Waals surface area contributed by atoms with Gasteiger partial charge in [0, 0.05) is 24.7 Å². The van der Waals surface area contributed by atoms with Gasteiger partial charge in [0.2, 0.25) is 16.1 Å². The van der Waals surface area contributed by atoms with Crippen LogP contribution in [0, 0.1) is 0 Å². The lowest BCUT2D eigenvalue weighted by Gasteiger charge is -2.34. The number of amides is 3. The van der Waals surface area contributed by atoms with Crippen LogP contribution < -0.4 is 26.2 Å². The van der Waals surface area contributed by atoms with Crippen LogP contribution in [0.1, 0.15) is 54.3 Å². The van der Waals surface area contributed by atoms with Crippen molar-refractivity contribution in [2.24, 2.45) is 0 Å². The predicted octanol–water partition coefficient (Wildman–Crippen LogP) is 0.208. The van der Waals surface area contributed by atoms with Crippen molar-refractivity contribution >= 4 is 44.9 Å². The quantitative estimate of drug-likeness (QED) is 0.119. The van der Waals surface area contributed by atoms with Crippen LogP contribution in [-0.4, -0.2) is 68.0 Å². The molecule has 0 aliphatic carbocycles. The molecular weight excluding hydrogens is 524 g/mol. The number of likely N-dealkylation sites (tertiary alicyclic amines) is 1. The Balaban J connectivity index is 1.34. The molecular formula is C26H33N6O6S+. The monoisotopic (exact) mass is 557 g/mol. The van der Waals surface area contributed by atoms with Crippen LogP contribution in [0.15, 0.2) is 47.4 Å². The Bertz CT molecular complexity index is 1380. The van der Waals surface area contributed by atoms with E-state index in [-0.39, 0.29) is 22.1 Å². The van der Waals surface area contributed by atoms with Gasteiger partial charge in [0.1, 0.15) is 0 Å². The average Bonchev–Trinajstić information content (AvgIpc) is 3.17. The first-order valence-corrected chi connectivity index (χ1v) is 14.2. The molecule has 6 N–H and O–H groups in total. The number of fused-ring (bicyclic) bond motifs is 1. The average molecular weight is 558 g/mol. The molecule has 39 heavy (non-hydrogen) atoms. The predicted molar refractivity (Wildman–Crippen MR) is 143 cm³/mol. The van der Waals surface area contributed by atoms with Crippen molar-refractivity contribution in [3.05, 3.63) is 53.6 Å². The molecule has 0 spiro atoms. The van der Waals surface area contributed by atoms with Crippen molar-refractivity contribution in [2.75, 3.05) is 23.8 Å².